The van der Waals surface area contributed by atoms with Gasteiger partial charge in [-0.25, -0.2) is 9.97 Å². The molecule has 0 amide bonds. The van der Waals surface area contributed by atoms with Gasteiger partial charge in [-0.05, 0) is 20.8 Å². The van der Waals surface area contributed by atoms with E-state index in [2.05, 4.69) is 21.8 Å². The van der Waals surface area contributed by atoms with Crippen LogP contribution in [0.15, 0.2) is 6.07 Å². The molecule has 14 heavy (non-hydrogen) atoms. The van der Waals surface area contributed by atoms with E-state index in [0.717, 1.165) is 17.3 Å². The van der Waals surface area contributed by atoms with Crippen molar-refractivity contribution in [2.45, 2.75) is 26.8 Å². The number of rotatable bonds is 3. The summed E-state index contributed by atoms with van der Waals surface area (Å²) in [6.45, 7) is 5.94. The fourth-order valence-corrected chi connectivity index (χ4v) is 1.41. The molecule has 0 aliphatic rings. The molecule has 0 radical (unpaired) electrons. The largest absolute Gasteiger partial charge is 0.356 e. The molecule has 78 valence electrons. The Morgan fingerprint density at radius 3 is 2.57 bits per heavy atom. The molecule has 3 nitrogen and oxygen atoms in total. The summed E-state index contributed by atoms with van der Waals surface area (Å²) >= 11 is 5.79. The molecule has 1 aromatic heterocycles. The van der Waals surface area contributed by atoms with E-state index in [4.69, 9.17) is 11.6 Å². The van der Waals surface area contributed by atoms with Crippen molar-refractivity contribution < 1.29 is 0 Å². The highest BCUT2D eigenvalue weighted by molar-refractivity contribution is 6.18. The lowest BCUT2D eigenvalue weighted by molar-refractivity contribution is 0.743. The molecule has 0 bridgehead atoms. The summed E-state index contributed by atoms with van der Waals surface area (Å²) in [5, 5.41) is 0. The number of nitrogens with zero attached hydrogens (tertiary/aromatic N) is 3. The van der Waals surface area contributed by atoms with Gasteiger partial charge in [0.15, 0.2) is 0 Å². The molecule has 0 aromatic carbocycles. The van der Waals surface area contributed by atoms with Gasteiger partial charge in [-0.1, -0.05) is 0 Å². The van der Waals surface area contributed by atoms with Crippen LogP contribution in [0.25, 0.3) is 0 Å². The van der Waals surface area contributed by atoms with Crippen LogP contribution >= 0.6 is 11.6 Å². The minimum Gasteiger partial charge on any atom is -0.356 e. The minimum absolute atomic E-state index is 0.283. The molecule has 0 spiro atoms. The van der Waals surface area contributed by atoms with E-state index in [-0.39, 0.29) is 6.04 Å². The monoisotopic (exact) mass is 213 g/mol. The fraction of sp³-hybridized carbons (Fsp3) is 0.600. The predicted octanol–water partition coefficient (Wildman–Crippen LogP) is 2.16. The Bertz CT molecular complexity index is 294. The van der Waals surface area contributed by atoms with Crippen molar-refractivity contribution in [3.05, 3.63) is 17.6 Å². The van der Waals surface area contributed by atoms with Crippen LogP contribution in [0.1, 0.15) is 18.4 Å². The third-order valence-electron chi connectivity index (χ3n) is 2.20. The predicted molar refractivity (Wildman–Crippen MR) is 60.1 cm³/mol. The van der Waals surface area contributed by atoms with Crippen molar-refractivity contribution in [3.8, 4) is 0 Å². The van der Waals surface area contributed by atoms with Crippen LogP contribution in [-0.2, 0) is 0 Å². The molecule has 1 aromatic rings. The third-order valence-corrected chi connectivity index (χ3v) is 2.64. The van der Waals surface area contributed by atoms with Crippen LogP contribution in [0.5, 0.6) is 0 Å². The maximum absolute atomic E-state index is 5.79. The second-order valence-corrected chi connectivity index (χ2v) is 3.84. The molecule has 1 unspecified atom stereocenters. The topological polar surface area (TPSA) is 29.0 Å². The lowest BCUT2D eigenvalue weighted by Crippen LogP contribution is -2.31. The van der Waals surface area contributed by atoms with E-state index in [1.54, 1.807) is 0 Å². The molecule has 0 N–H and O–H groups in total. The maximum Gasteiger partial charge on any atom is 0.132 e. The van der Waals surface area contributed by atoms with Gasteiger partial charge >= 0.3 is 0 Å². The number of anilines is 1. The number of hydrogen-bond acceptors (Lipinski definition) is 3. The van der Waals surface area contributed by atoms with Gasteiger partial charge in [-0.15, -0.1) is 11.6 Å². The summed E-state index contributed by atoms with van der Waals surface area (Å²) in [5.74, 6) is 2.33. The lowest BCUT2D eigenvalue weighted by Gasteiger charge is -2.24. The Labute approximate surface area is 90.1 Å². The average Bonchev–Trinajstić information content (AvgIpc) is 2.14. The molecule has 0 aliphatic carbocycles. The van der Waals surface area contributed by atoms with Crippen LogP contribution in [0.2, 0.25) is 0 Å². The maximum atomic E-state index is 5.79. The number of alkyl halides is 1. The van der Waals surface area contributed by atoms with E-state index >= 15 is 0 Å². The molecule has 1 heterocycles. The molecule has 0 saturated heterocycles. The van der Waals surface area contributed by atoms with Gasteiger partial charge in [0.1, 0.15) is 11.6 Å². The molecular weight excluding hydrogens is 198 g/mol. The zero-order chi connectivity index (χ0) is 10.7. The van der Waals surface area contributed by atoms with Crippen molar-refractivity contribution in [2.24, 2.45) is 0 Å². The Kier molecular flexibility index (Phi) is 3.69. The van der Waals surface area contributed by atoms with E-state index in [1.807, 2.05) is 27.0 Å². The van der Waals surface area contributed by atoms with E-state index in [9.17, 15) is 0 Å². The zero-order valence-corrected chi connectivity index (χ0v) is 9.84. The second-order valence-electron chi connectivity index (χ2n) is 3.53. The normalized spacial score (nSPS) is 12.6. The van der Waals surface area contributed by atoms with Gasteiger partial charge in [-0.3, -0.25) is 0 Å². The summed E-state index contributed by atoms with van der Waals surface area (Å²) in [4.78, 5) is 10.7. The smallest absolute Gasteiger partial charge is 0.132 e. The van der Waals surface area contributed by atoms with Crippen LogP contribution in [0.3, 0.4) is 0 Å². The standard InChI is InChI=1S/C10H16ClN3/c1-7-5-10(13-9(3)12-7)14(4)8(2)6-11/h5,8H,6H2,1-4H3. The summed E-state index contributed by atoms with van der Waals surface area (Å²) in [6, 6.07) is 2.25. The molecule has 0 fully saturated rings. The SMILES string of the molecule is Cc1cc(N(C)C(C)CCl)nc(C)n1. The first kappa shape index (κ1) is 11.2. The quantitative estimate of drug-likeness (QED) is 0.721. The van der Waals surface area contributed by atoms with Crippen molar-refractivity contribution in [3.63, 3.8) is 0 Å². The molecule has 1 rings (SSSR count). The Morgan fingerprint density at radius 1 is 1.43 bits per heavy atom. The summed E-state index contributed by atoms with van der Waals surface area (Å²) in [5.41, 5.74) is 0.987. The number of aryl methyl sites for hydroxylation is 2. The number of hydrogen-bond donors (Lipinski definition) is 0. The second kappa shape index (κ2) is 4.60. The fourth-order valence-electron chi connectivity index (χ4n) is 1.21. The van der Waals surface area contributed by atoms with Gasteiger partial charge in [0.05, 0.1) is 0 Å². The summed E-state index contributed by atoms with van der Waals surface area (Å²) in [7, 11) is 1.99. The van der Waals surface area contributed by atoms with Gasteiger partial charge < -0.3 is 4.90 Å². The van der Waals surface area contributed by atoms with E-state index < -0.39 is 0 Å². The summed E-state index contributed by atoms with van der Waals surface area (Å²) in [6.07, 6.45) is 0. The van der Waals surface area contributed by atoms with Crippen LogP contribution < -0.4 is 4.90 Å². The molecule has 0 aliphatic heterocycles. The highest BCUT2D eigenvalue weighted by atomic mass is 35.5. The van der Waals surface area contributed by atoms with Gasteiger partial charge in [0.2, 0.25) is 0 Å². The van der Waals surface area contributed by atoms with E-state index in [1.165, 1.54) is 0 Å². The Balaban J connectivity index is 2.94. The highest BCUT2D eigenvalue weighted by Gasteiger charge is 2.10. The zero-order valence-electron chi connectivity index (χ0n) is 9.08. The van der Waals surface area contributed by atoms with Crippen molar-refractivity contribution >= 4 is 17.4 Å². The number of aromatic nitrogens is 2. The number of halogens is 1. The first-order valence-corrected chi connectivity index (χ1v) is 5.19. The Morgan fingerprint density at radius 2 is 2.07 bits per heavy atom. The van der Waals surface area contributed by atoms with Crippen molar-refractivity contribution in [2.75, 3.05) is 17.8 Å². The lowest BCUT2D eigenvalue weighted by atomic mass is 10.3. The molecule has 4 heteroatoms. The van der Waals surface area contributed by atoms with Crippen LogP contribution in [-0.4, -0.2) is 28.9 Å². The third kappa shape index (κ3) is 2.58. The van der Waals surface area contributed by atoms with E-state index in [0.29, 0.717) is 5.88 Å². The van der Waals surface area contributed by atoms with Gasteiger partial charge in [0.25, 0.3) is 0 Å². The Hall–Kier alpha value is -0.830. The average molecular weight is 214 g/mol. The van der Waals surface area contributed by atoms with Gasteiger partial charge in [-0.2, -0.15) is 0 Å². The van der Waals surface area contributed by atoms with Crippen molar-refractivity contribution in [1.82, 2.24) is 9.97 Å². The van der Waals surface area contributed by atoms with Crippen LogP contribution in [0, 0.1) is 13.8 Å². The molecule has 1 atom stereocenters. The molecular formula is C10H16ClN3. The van der Waals surface area contributed by atoms with Crippen molar-refractivity contribution in [1.29, 1.82) is 0 Å². The van der Waals surface area contributed by atoms with Gasteiger partial charge in [0, 0.05) is 30.7 Å². The molecule has 0 saturated carbocycles. The van der Waals surface area contributed by atoms with Crippen LogP contribution in [0.4, 0.5) is 5.82 Å². The summed E-state index contributed by atoms with van der Waals surface area (Å²) < 4.78 is 0. The minimum atomic E-state index is 0.283. The first-order valence-electron chi connectivity index (χ1n) is 4.65. The first-order chi connectivity index (χ1) is 6.54. The highest BCUT2D eigenvalue weighted by Crippen LogP contribution is 2.13.